The second kappa shape index (κ2) is 1.80. The maximum atomic E-state index is 10.6. The molecule has 0 aliphatic heterocycles. The Hall–Kier alpha value is -0.910. The minimum absolute atomic E-state index is 0.938. The van der Waals surface area contributed by atoms with Gasteiger partial charge < -0.3 is 0 Å². The Bertz CT molecular complexity index is 274. The molecule has 50 valence electrons. The molecule has 0 aromatic carbocycles. The van der Waals surface area contributed by atoms with Crippen LogP contribution in [0.15, 0.2) is 12.7 Å². The van der Waals surface area contributed by atoms with Crippen LogP contribution >= 0.6 is 0 Å². The first-order valence-electron chi connectivity index (χ1n) is 2.16. The summed E-state index contributed by atoms with van der Waals surface area (Å²) < 4.78 is 22.1. The lowest BCUT2D eigenvalue weighted by Crippen LogP contribution is -2.06. The van der Waals surface area contributed by atoms with Crippen molar-refractivity contribution in [2.75, 3.05) is 6.26 Å². The summed E-state index contributed by atoms with van der Waals surface area (Å²) in [5, 5.41) is 6.64. The van der Waals surface area contributed by atoms with E-state index >= 15 is 0 Å². The molecule has 0 saturated carbocycles. The molecule has 0 atom stereocenters. The van der Waals surface area contributed by atoms with E-state index < -0.39 is 10.0 Å². The lowest BCUT2D eigenvalue weighted by atomic mass is 11.3. The highest BCUT2D eigenvalue weighted by atomic mass is 32.2. The monoisotopic (exact) mass is 147 g/mol. The molecule has 9 heavy (non-hydrogen) atoms. The van der Waals surface area contributed by atoms with Gasteiger partial charge in [0.05, 0.1) is 6.26 Å². The highest BCUT2D eigenvalue weighted by Gasteiger charge is 2.01. The third kappa shape index (κ3) is 1.26. The second-order valence-corrected chi connectivity index (χ2v) is 3.44. The van der Waals surface area contributed by atoms with E-state index in [-0.39, 0.29) is 0 Å². The SMILES string of the molecule is CS(=O)(=O)n1cnnc1. The average molecular weight is 147 g/mol. The lowest BCUT2D eigenvalue weighted by Gasteiger charge is -1.91. The number of nitrogens with zero attached hydrogens (tertiary/aromatic N) is 3. The van der Waals surface area contributed by atoms with Crippen molar-refractivity contribution < 1.29 is 8.42 Å². The van der Waals surface area contributed by atoms with Crippen molar-refractivity contribution in [3.63, 3.8) is 0 Å². The minimum atomic E-state index is -3.17. The van der Waals surface area contributed by atoms with Gasteiger partial charge in [-0.05, 0) is 0 Å². The zero-order valence-corrected chi connectivity index (χ0v) is 5.54. The van der Waals surface area contributed by atoms with Gasteiger partial charge in [0.1, 0.15) is 12.7 Å². The van der Waals surface area contributed by atoms with Gasteiger partial charge >= 0.3 is 0 Å². The van der Waals surface area contributed by atoms with Crippen molar-refractivity contribution >= 4 is 10.0 Å². The van der Waals surface area contributed by atoms with Crippen molar-refractivity contribution in [1.82, 2.24) is 14.2 Å². The fourth-order valence-corrected chi connectivity index (χ4v) is 0.789. The van der Waals surface area contributed by atoms with Crippen molar-refractivity contribution in [1.29, 1.82) is 0 Å². The summed E-state index contributed by atoms with van der Waals surface area (Å²) in [5.41, 5.74) is 0. The number of aromatic nitrogens is 3. The Labute approximate surface area is 52.4 Å². The molecule has 1 aromatic rings. The maximum absolute atomic E-state index is 10.6. The first-order valence-corrected chi connectivity index (χ1v) is 4.01. The first kappa shape index (κ1) is 6.21. The first-order chi connectivity index (χ1) is 4.11. The summed E-state index contributed by atoms with van der Waals surface area (Å²) in [6.45, 7) is 0. The highest BCUT2D eigenvalue weighted by Crippen LogP contribution is 1.86. The van der Waals surface area contributed by atoms with E-state index in [2.05, 4.69) is 10.2 Å². The summed E-state index contributed by atoms with van der Waals surface area (Å²) >= 11 is 0. The van der Waals surface area contributed by atoms with E-state index in [0.717, 1.165) is 22.9 Å². The topological polar surface area (TPSA) is 64.8 Å². The average Bonchev–Trinajstić information content (AvgIpc) is 2.08. The molecule has 0 radical (unpaired) electrons. The molecule has 5 nitrogen and oxygen atoms in total. The Morgan fingerprint density at radius 1 is 1.33 bits per heavy atom. The van der Waals surface area contributed by atoms with Crippen LogP contribution in [-0.2, 0) is 10.0 Å². The van der Waals surface area contributed by atoms with Gasteiger partial charge in [-0.25, -0.2) is 12.4 Å². The molecule has 1 rings (SSSR count). The molecule has 0 aliphatic rings. The van der Waals surface area contributed by atoms with E-state index in [1.165, 1.54) is 0 Å². The van der Waals surface area contributed by atoms with Gasteiger partial charge in [-0.2, -0.15) is 0 Å². The fraction of sp³-hybridized carbons (Fsp3) is 0.333. The standard InChI is InChI=1S/C3H5N3O2S/c1-9(7,8)6-2-4-5-3-6/h2-3H,1H3. The molecular weight excluding hydrogens is 142 g/mol. The molecule has 0 N–H and O–H groups in total. The summed E-state index contributed by atoms with van der Waals surface area (Å²) in [5.74, 6) is 0. The smallest absolute Gasteiger partial charge is 0.214 e. The van der Waals surface area contributed by atoms with Gasteiger partial charge in [0.15, 0.2) is 0 Å². The van der Waals surface area contributed by atoms with E-state index in [9.17, 15) is 8.42 Å². The lowest BCUT2D eigenvalue weighted by molar-refractivity contribution is 0.593. The molecule has 0 bridgehead atoms. The zero-order valence-electron chi connectivity index (χ0n) is 4.72. The predicted octanol–water partition coefficient (Wildman–Crippen LogP) is -0.914. The number of rotatable bonds is 1. The van der Waals surface area contributed by atoms with Crippen LogP contribution in [0, 0.1) is 0 Å². The molecule has 1 aromatic heterocycles. The van der Waals surface area contributed by atoms with E-state index in [0.29, 0.717) is 0 Å². The predicted molar refractivity (Wildman–Crippen MR) is 30.3 cm³/mol. The van der Waals surface area contributed by atoms with Crippen molar-refractivity contribution in [2.24, 2.45) is 0 Å². The number of hydrogen-bond donors (Lipinski definition) is 0. The molecule has 0 aliphatic carbocycles. The normalized spacial score (nSPS) is 11.7. The minimum Gasteiger partial charge on any atom is -0.214 e. The van der Waals surface area contributed by atoms with Crippen LogP contribution in [0.2, 0.25) is 0 Å². The Morgan fingerprint density at radius 3 is 2.00 bits per heavy atom. The van der Waals surface area contributed by atoms with Crippen LogP contribution in [-0.4, -0.2) is 28.8 Å². The maximum Gasteiger partial charge on any atom is 0.238 e. The van der Waals surface area contributed by atoms with Crippen molar-refractivity contribution in [3.8, 4) is 0 Å². The molecule has 0 amide bonds. The molecular formula is C3H5N3O2S. The largest absolute Gasteiger partial charge is 0.238 e. The summed E-state index contributed by atoms with van der Waals surface area (Å²) in [6, 6.07) is 0. The van der Waals surface area contributed by atoms with Crippen LogP contribution in [0.4, 0.5) is 0 Å². The van der Waals surface area contributed by atoms with E-state index in [1.54, 1.807) is 0 Å². The van der Waals surface area contributed by atoms with Crippen molar-refractivity contribution in [3.05, 3.63) is 12.7 Å². The van der Waals surface area contributed by atoms with Crippen LogP contribution in [0.5, 0.6) is 0 Å². The highest BCUT2D eigenvalue weighted by molar-refractivity contribution is 7.89. The van der Waals surface area contributed by atoms with Crippen LogP contribution in [0.25, 0.3) is 0 Å². The Kier molecular flexibility index (Phi) is 1.24. The number of hydrogen-bond acceptors (Lipinski definition) is 4. The van der Waals surface area contributed by atoms with Crippen LogP contribution in [0.1, 0.15) is 0 Å². The summed E-state index contributed by atoms with van der Waals surface area (Å²) in [7, 11) is -3.17. The second-order valence-electron chi connectivity index (χ2n) is 1.55. The molecule has 6 heteroatoms. The van der Waals surface area contributed by atoms with Gasteiger partial charge in [0.2, 0.25) is 10.0 Å². The zero-order chi connectivity index (χ0) is 6.91. The Morgan fingerprint density at radius 2 is 1.78 bits per heavy atom. The van der Waals surface area contributed by atoms with Crippen molar-refractivity contribution in [2.45, 2.75) is 0 Å². The molecule has 0 spiro atoms. The van der Waals surface area contributed by atoms with Crippen LogP contribution < -0.4 is 0 Å². The van der Waals surface area contributed by atoms with E-state index in [4.69, 9.17) is 0 Å². The summed E-state index contributed by atoms with van der Waals surface area (Å²) in [4.78, 5) is 0. The van der Waals surface area contributed by atoms with Gasteiger partial charge in [0.25, 0.3) is 0 Å². The molecule has 0 saturated heterocycles. The molecule has 0 unspecified atom stereocenters. The Balaban J connectivity index is 3.20. The third-order valence-electron chi connectivity index (χ3n) is 0.781. The van der Waals surface area contributed by atoms with Gasteiger partial charge in [-0.3, -0.25) is 0 Å². The van der Waals surface area contributed by atoms with Crippen LogP contribution in [0.3, 0.4) is 0 Å². The van der Waals surface area contributed by atoms with Gasteiger partial charge in [0, 0.05) is 0 Å². The third-order valence-corrected chi connectivity index (χ3v) is 1.73. The summed E-state index contributed by atoms with van der Waals surface area (Å²) in [6.07, 6.45) is 3.35. The van der Waals surface area contributed by atoms with Gasteiger partial charge in [-0.1, -0.05) is 0 Å². The quantitative estimate of drug-likeness (QED) is 0.515. The molecule has 1 heterocycles. The fourth-order valence-electron chi connectivity index (χ4n) is 0.362. The molecule has 0 fully saturated rings. The van der Waals surface area contributed by atoms with E-state index in [1.807, 2.05) is 0 Å². The van der Waals surface area contributed by atoms with Gasteiger partial charge in [-0.15, -0.1) is 10.2 Å².